The fraction of sp³-hybridized carbons (Fsp3) is 0.278. The lowest BCUT2D eigenvalue weighted by Crippen LogP contribution is -2.31. The summed E-state index contributed by atoms with van der Waals surface area (Å²) < 4.78 is 0. The minimum Gasteiger partial charge on any atom is -0.362 e. The summed E-state index contributed by atoms with van der Waals surface area (Å²) in [5, 5.41) is 12.4. The van der Waals surface area contributed by atoms with E-state index in [0.717, 1.165) is 48.6 Å². The van der Waals surface area contributed by atoms with Crippen LogP contribution in [0.2, 0.25) is 0 Å². The Bertz CT molecular complexity index is 1850. The largest absolute Gasteiger partial charge is 0.362 e. The lowest BCUT2D eigenvalue weighted by molar-refractivity contribution is 0.324. The van der Waals surface area contributed by atoms with E-state index < -0.39 is 0 Å². The molecule has 7 rings (SSSR count). The molecule has 2 aromatic heterocycles. The third-order valence-corrected chi connectivity index (χ3v) is 8.77. The zero-order chi connectivity index (χ0) is 28.5. The van der Waals surface area contributed by atoms with Crippen LogP contribution in [0.1, 0.15) is 31.2 Å². The molecule has 0 spiro atoms. The summed E-state index contributed by atoms with van der Waals surface area (Å²) in [5.74, 6) is 2.37. The van der Waals surface area contributed by atoms with Gasteiger partial charge < -0.3 is 20.5 Å². The van der Waals surface area contributed by atoms with Crippen molar-refractivity contribution in [3.05, 3.63) is 96.6 Å². The molecule has 0 aliphatic heterocycles. The van der Waals surface area contributed by atoms with Gasteiger partial charge in [0.25, 0.3) is 0 Å². The first kappa shape index (κ1) is 26.5. The van der Waals surface area contributed by atoms with Gasteiger partial charge in [-0.25, -0.2) is 4.98 Å². The fourth-order valence-electron chi connectivity index (χ4n) is 6.53. The molecule has 1 saturated carbocycles. The highest BCUT2D eigenvalue weighted by Gasteiger charge is 2.23. The van der Waals surface area contributed by atoms with Gasteiger partial charge in [-0.1, -0.05) is 66.7 Å². The summed E-state index contributed by atoms with van der Waals surface area (Å²) in [6.07, 6.45) is 4.67. The van der Waals surface area contributed by atoms with Crippen molar-refractivity contribution < 1.29 is 0 Å². The Hall–Kier alpha value is -4.42. The van der Waals surface area contributed by atoms with Crippen molar-refractivity contribution >= 4 is 44.3 Å². The zero-order valence-corrected chi connectivity index (χ0v) is 24.4. The maximum Gasteiger partial charge on any atom is 0.225 e. The molecule has 0 unspecified atom stereocenters. The van der Waals surface area contributed by atoms with Crippen molar-refractivity contribution in [1.29, 1.82) is 0 Å². The Morgan fingerprint density at radius 2 is 1.52 bits per heavy atom. The Kier molecular flexibility index (Phi) is 7.22. The van der Waals surface area contributed by atoms with E-state index in [4.69, 9.17) is 9.97 Å². The van der Waals surface area contributed by atoms with Gasteiger partial charge in [-0.3, -0.25) is 0 Å². The molecule has 6 aromatic rings. The molecule has 0 amide bonds. The first-order chi connectivity index (χ1) is 20.6. The molecule has 0 saturated heterocycles. The van der Waals surface area contributed by atoms with Gasteiger partial charge in [-0.15, -0.1) is 0 Å². The van der Waals surface area contributed by atoms with Crippen LogP contribution in [0.4, 0.5) is 11.8 Å². The number of rotatable bonds is 8. The number of hydrogen-bond acceptors (Lipinski definition) is 5. The highest BCUT2D eigenvalue weighted by Crippen LogP contribution is 2.33. The number of fused-ring (bicyclic) bond motifs is 3. The van der Waals surface area contributed by atoms with Crippen molar-refractivity contribution in [1.82, 2.24) is 20.3 Å². The van der Waals surface area contributed by atoms with Crippen molar-refractivity contribution in [2.24, 2.45) is 5.92 Å². The van der Waals surface area contributed by atoms with E-state index in [-0.39, 0.29) is 0 Å². The second-order valence-corrected chi connectivity index (χ2v) is 11.9. The fourth-order valence-corrected chi connectivity index (χ4v) is 6.53. The molecular weight excluding hydrogens is 516 g/mol. The minimum absolute atomic E-state index is 0.408. The van der Waals surface area contributed by atoms with E-state index in [1.165, 1.54) is 51.3 Å². The number of anilines is 2. The molecule has 2 heterocycles. The van der Waals surface area contributed by atoms with Crippen molar-refractivity contribution in [3.8, 4) is 11.3 Å². The predicted molar refractivity (Wildman–Crippen MR) is 176 cm³/mol. The molecule has 4 aromatic carbocycles. The standard InChI is InChI=1S/C36H38N6/c1-42(2)35-30-12-6-8-14-33(30)40-36(41-35)38-28-19-15-24(16-20-28)22-37-23-31-29-11-5-7-13-32(29)39-34(31)27-18-17-25-9-3-4-10-26(25)21-27/h3-14,17-18,21,24,28,37,39H,15-16,19-20,22-23H2,1-2H3,(H,38,40,41)/t24-,28+. The van der Waals surface area contributed by atoms with Gasteiger partial charge in [-0.05, 0) is 84.3 Å². The predicted octanol–water partition coefficient (Wildman–Crippen LogP) is 7.76. The molecule has 0 radical (unpaired) electrons. The smallest absolute Gasteiger partial charge is 0.225 e. The average molecular weight is 555 g/mol. The van der Waals surface area contributed by atoms with Crippen LogP contribution in [0, 0.1) is 5.92 Å². The highest BCUT2D eigenvalue weighted by molar-refractivity contribution is 5.94. The summed E-state index contributed by atoms with van der Waals surface area (Å²) in [4.78, 5) is 15.5. The third kappa shape index (κ3) is 5.30. The average Bonchev–Trinajstić information content (AvgIpc) is 3.39. The van der Waals surface area contributed by atoms with Crippen LogP contribution in [0.25, 0.3) is 43.8 Å². The zero-order valence-electron chi connectivity index (χ0n) is 24.4. The SMILES string of the molecule is CN(C)c1nc(N[C@H]2CC[C@@H](CNCc3c(-c4ccc5ccccc5c4)[nH]c4ccccc34)CC2)nc2ccccc12. The molecular formula is C36H38N6. The number of nitrogens with one attached hydrogen (secondary N) is 3. The van der Waals surface area contributed by atoms with Gasteiger partial charge in [0.15, 0.2) is 0 Å². The van der Waals surface area contributed by atoms with Crippen LogP contribution in [0.15, 0.2) is 91.0 Å². The Morgan fingerprint density at radius 3 is 2.36 bits per heavy atom. The van der Waals surface area contributed by atoms with E-state index in [2.05, 4.69) is 99.4 Å². The summed E-state index contributed by atoms with van der Waals surface area (Å²) >= 11 is 0. The second-order valence-electron chi connectivity index (χ2n) is 11.9. The second kappa shape index (κ2) is 11.5. The number of aromatic amines is 1. The molecule has 6 heteroatoms. The highest BCUT2D eigenvalue weighted by atomic mass is 15.2. The van der Waals surface area contributed by atoms with E-state index in [9.17, 15) is 0 Å². The molecule has 42 heavy (non-hydrogen) atoms. The van der Waals surface area contributed by atoms with Crippen molar-refractivity contribution in [2.75, 3.05) is 30.9 Å². The van der Waals surface area contributed by atoms with Crippen LogP contribution in [-0.4, -0.2) is 41.6 Å². The van der Waals surface area contributed by atoms with Crippen LogP contribution in [0.5, 0.6) is 0 Å². The maximum absolute atomic E-state index is 4.85. The molecule has 1 fully saturated rings. The van der Waals surface area contributed by atoms with Gasteiger partial charge >= 0.3 is 0 Å². The van der Waals surface area contributed by atoms with E-state index >= 15 is 0 Å². The molecule has 212 valence electrons. The van der Waals surface area contributed by atoms with Gasteiger partial charge in [0.2, 0.25) is 5.95 Å². The van der Waals surface area contributed by atoms with E-state index in [1.807, 2.05) is 26.2 Å². The van der Waals surface area contributed by atoms with Gasteiger partial charge in [0.1, 0.15) is 5.82 Å². The topological polar surface area (TPSA) is 68.9 Å². The Morgan fingerprint density at radius 1 is 0.786 bits per heavy atom. The minimum atomic E-state index is 0.408. The number of hydrogen-bond donors (Lipinski definition) is 3. The lowest BCUT2D eigenvalue weighted by atomic mass is 9.86. The summed E-state index contributed by atoms with van der Waals surface area (Å²) in [6, 6.07) is 32.7. The Balaban J connectivity index is 1.00. The van der Waals surface area contributed by atoms with E-state index in [0.29, 0.717) is 12.0 Å². The maximum atomic E-state index is 4.85. The summed E-state index contributed by atoms with van der Waals surface area (Å²) in [5.41, 5.74) is 5.98. The number of aromatic nitrogens is 3. The van der Waals surface area contributed by atoms with Crippen LogP contribution < -0.4 is 15.5 Å². The molecule has 6 nitrogen and oxygen atoms in total. The first-order valence-corrected chi connectivity index (χ1v) is 15.1. The van der Waals surface area contributed by atoms with Gasteiger partial charge in [0.05, 0.1) is 11.2 Å². The van der Waals surface area contributed by atoms with Crippen molar-refractivity contribution in [2.45, 2.75) is 38.3 Å². The van der Waals surface area contributed by atoms with Gasteiger partial charge in [-0.2, -0.15) is 4.98 Å². The first-order valence-electron chi connectivity index (χ1n) is 15.1. The Labute approximate surface area is 247 Å². The van der Waals surface area contributed by atoms with Crippen LogP contribution in [-0.2, 0) is 6.54 Å². The number of nitrogens with zero attached hydrogens (tertiary/aromatic N) is 3. The quantitative estimate of drug-likeness (QED) is 0.179. The third-order valence-electron chi connectivity index (χ3n) is 8.77. The molecule has 0 bridgehead atoms. The molecule has 3 N–H and O–H groups in total. The number of para-hydroxylation sites is 2. The monoisotopic (exact) mass is 554 g/mol. The van der Waals surface area contributed by atoms with Crippen molar-refractivity contribution in [3.63, 3.8) is 0 Å². The molecule has 1 aliphatic rings. The van der Waals surface area contributed by atoms with E-state index in [1.54, 1.807) is 0 Å². The summed E-state index contributed by atoms with van der Waals surface area (Å²) in [7, 11) is 4.08. The molecule has 1 aliphatic carbocycles. The van der Waals surface area contributed by atoms with Crippen LogP contribution in [0.3, 0.4) is 0 Å². The van der Waals surface area contributed by atoms with Crippen LogP contribution >= 0.6 is 0 Å². The lowest BCUT2D eigenvalue weighted by Gasteiger charge is -2.29. The number of benzene rings is 4. The summed E-state index contributed by atoms with van der Waals surface area (Å²) in [6.45, 7) is 1.88. The molecule has 0 atom stereocenters. The normalized spacial score (nSPS) is 17.2. The van der Waals surface area contributed by atoms with Gasteiger partial charge in [0, 0.05) is 43.0 Å². The number of H-pyrrole nitrogens is 1.